The molecule has 0 unspecified atom stereocenters. The minimum atomic E-state index is -0.771. The van der Waals surface area contributed by atoms with Gasteiger partial charge in [-0.1, -0.05) is 54.6 Å². The van der Waals surface area contributed by atoms with Gasteiger partial charge in [0.15, 0.2) is 16.9 Å². The van der Waals surface area contributed by atoms with Crippen molar-refractivity contribution in [1.29, 1.82) is 0 Å². The Balaban J connectivity index is 0.000000126. The van der Waals surface area contributed by atoms with Crippen molar-refractivity contribution in [3.63, 3.8) is 0 Å². The highest BCUT2D eigenvalue weighted by molar-refractivity contribution is 5.99. The van der Waals surface area contributed by atoms with E-state index < -0.39 is 23.2 Å². The lowest BCUT2D eigenvalue weighted by molar-refractivity contribution is 0.0949. The van der Waals surface area contributed by atoms with Gasteiger partial charge in [0, 0.05) is 84.9 Å². The Labute approximate surface area is 641 Å². The third kappa shape index (κ3) is 15.8. The van der Waals surface area contributed by atoms with Crippen LogP contribution < -0.4 is 64.6 Å². The molecule has 3 amide bonds. The van der Waals surface area contributed by atoms with Crippen molar-refractivity contribution in [1.82, 2.24) is 70.2 Å². The summed E-state index contributed by atoms with van der Waals surface area (Å²) in [5, 5.41) is 26.3. The standard InChI is InChI=1S/C30H32N6O2.C29H30N6O2.C28H28N6O2/c1-2-32-29(38)26-18-36(24-11-8-19-4-3-5-22(19)16-24)28-25(27(26)37)17-33-30(35-28)34-23-9-6-20(7-10-23)21-12-14-31-15-13-21;1-30-28(37)25-17-35(23-10-7-18-3-2-4-21(18)15-23)27-24(26(25)36)16-32-29(34-27)33-22-8-5-19(6-9-22)20-11-13-31-14-12-20;29-26(36)24-16-34(22-9-6-17-2-1-3-20(17)14-22)27-23(25(24)35)15-31-28(33-27)32-21-7-4-18(5-8-21)19-10-12-30-13-11-19/h6-11,16-18,21,31H,2-5,12-15H2,1H3,(H,32,38)(H,33,34,35);5-10,15-17,20,31H,2-4,11-14H2,1H3,(H,30,37)(H,32,33,34);4-9,14-16,19,30H,1-3,10-13H2,(H2,29,36)(H,31,32,33). The van der Waals surface area contributed by atoms with Crippen LogP contribution in [-0.4, -0.2) is 114 Å². The molecule has 9 heterocycles. The lowest BCUT2D eigenvalue weighted by Crippen LogP contribution is -2.29. The molecule has 0 radical (unpaired) electrons. The number of rotatable bonds is 16. The number of nitrogens with two attached hydrogens (primary N) is 1. The van der Waals surface area contributed by atoms with Gasteiger partial charge in [0.2, 0.25) is 34.1 Å². The molecule has 3 saturated heterocycles. The zero-order chi connectivity index (χ0) is 76.1. The molecule has 6 aromatic heterocycles. The van der Waals surface area contributed by atoms with Crippen LogP contribution in [0.1, 0.15) is 164 Å². The number of amides is 3. The van der Waals surface area contributed by atoms with Crippen LogP contribution in [0.5, 0.6) is 0 Å². The van der Waals surface area contributed by atoms with Crippen LogP contribution in [0.25, 0.3) is 50.2 Å². The van der Waals surface area contributed by atoms with Crippen LogP contribution in [0.4, 0.5) is 34.9 Å². The summed E-state index contributed by atoms with van der Waals surface area (Å²) < 4.78 is 5.43. The SMILES string of the molecule is CCNC(=O)c1cn(-c2ccc3c(c2)CCC3)c2nc(Nc3ccc(C4CCNCC4)cc3)ncc2c1=O.CNC(=O)c1cn(-c2ccc3c(c2)CCC3)c2nc(Nc3ccc(C4CCNCC4)cc3)ncc2c1=O.NC(=O)c1cn(-c2ccc3c(c2)CCC3)c2nc(Nc3ccc(C4CCNCC4)cc3)ncc2c1=O. The monoisotopic (exact) mass is 1480 g/mol. The highest BCUT2D eigenvalue weighted by Gasteiger charge is 2.26. The maximum atomic E-state index is 13.3. The molecule has 10 N–H and O–H groups in total. The number of primary amides is 1. The van der Waals surface area contributed by atoms with Crippen molar-refractivity contribution in [3.8, 4) is 17.1 Å². The number of nitrogens with zero attached hydrogens (tertiary/aromatic N) is 9. The maximum absolute atomic E-state index is 13.3. The molecule has 18 rings (SSSR count). The van der Waals surface area contributed by atoms with Gasteiger partial charge >= 0.3 is 0 Å². The van der Waals surface area contributed by atoms with E-state index in [1.165, 1.54) is 81.9 Å². The lowest BCUT2D eigenvalue weighted by Gasteiger charge is -2.23. The molecular formula is C87H90N18O6. The fourth-order valence-corrected chi connectivity index (χ4v) is 16.5. The van der Waals surface area contributed by atoms with Gasteiger partial charge in [-0.3, -0.25) is 28.8 Å². The molecule has 3 fully saturated rings. The Morgan fingerprint density at radius 3 is 1.04 bits per heavy atom. The topological polar surface area (TPSA) is 317 Å². The summed E-state index contributed by atoms with van der Waals surface area (Å²) in [5.41, 5.74) is 22.9. The number of carbonyl (C=O) groups is 3. The largest absolute Gasteiger partial charge is 0.365 e. The predicted molar refractivity (Wildman–Crippen MR) is 435 cm³/mol. The quantitative estimate of drug-likeness (QED) is 0.0434. The van der Waals surface area contributed by atoms with E-state index in [0.29, 0.717) is 69.9 Å². The zero-order valence-corrected chi connectivity index (χ0v) is 62.4. The van der Waals surface area contributed by atoms with E-state index in [1.807, 2.05) is 58.5 Å². The second kappa shape index (κ2) is 32.6. The Morgan fingerprint density at radius 1 is 0.414 bits per heavy atom. The van der Waals surface area contributed by atoms with Crippen molar-refractivity contribution in [2.75, 3.05) is 68.8 Å². The smallest absolute Gasteiger partial charge is 0.256 e. The molecule has 0 atom stereocenters. The number of hydrogen-bond acceptors (Lipinski definition) is 18. The van der Waals surface area contributed by atoms with Crippen molar-refractivity contribution in [3.05, 3.63) is 262 Å². The van der Waals surface area contributed by atoms with E-state index in [2.05, 4.69) is 142 Å². The Kier molecular flexibility index (Phi) is 21.5. The minimum Gasteiger partial charge on any atom is -0.365 e. The second-order valence-electron chi connectivity index (χ2n) is 29.6. The first-order chi connectivity index (χ1) is 54.3. The van der Waals surface area contributed by atoms with Crippen molar-refractivity contribution >= 4 is 85.7 Å². The van der Waals surface area contributed by atoms with Gasteiger partial charge in [0.25, 0.3) is 17.7 Å². The molecule has 3 aliphatic heterocycles. The van der Waals surface area contributed by atoms with Crippen LogP contribution in [0.3, 0.4) is 0 Å². The third-order valence-corrected chi connectivity index (χ3v) is 22.6. The van der Waals surface area contributed by atoms with Gasteiger partial charge in [-0.05, 0) is 283 Å². The number of piperidine rings is 3. The number of carbonyl (C=O) groups excluding carboxylic acids is 3. The third-order valence-electron chi connectivity index (χ3n) is 22.6. The van der Waals surface area contributed by atoms with E-state index in [4.69, 9.17) is 20.7 Å². The molecular weight excluding hydrogens is 1390 g/mol. The zero-order valence-electron chi connectivity index (χ0n) is 62.4. The van der Waals surface area contributed by atoms with E-state index in [1.54, 1.807) is 17.0 Å². The predicted octanol–water partition coefficient (Wildman–Crippen LogP) is 11.6. The number of anilines is 6. The number of nitrogens with one attached hydrogen (secondary N) is 8. The average Bonchev–Trinajstić information content (AvgIpc) is 1.51. The molecule has 6 aliphatic rings. The minimum absolute atomic E-state index is 0.0632. The fourth-order valence-electron chi connectivity index (χ4n) is 16.5. The molecule has 24 heteroatoms. The Hall–Kier alpha value is -12.1. The van der Waals surface area contributed by atoms with Crippen molar-refractivity contribution < 1.29 is 14.4 Å². The number of aryl methyl sites for hydroxylation is 6. The molecule has 24 nitrogen and oxygen atoms in total. The molecule has 12 aromatic rings. The van der Waals surface area contributed by atoms with Crippen molar-refractivity contribution in [2.24, 2.45) is 5.73 Å². The van der Waals surface area contributed by atoms with Crippen LogP contribution in [0, 0.1) is 0 Å². The molecule has 3 aliphatic carbocycles. The van der Waals surface area contributed by atoms with Crippen LogP contribution in [0.15, 0.2) is 179 Å². The van der Waals surface area contributed by atoms with Crippen molar-refractivity contribution in [2.45, 2.75) is 121 Å². The van der Waals surface area contributed by atoms with E-state index in [0.717, 1.165) is 170 Å². The van der Waals surface area contributed by atoms with E-state index >= 15 is 0 Å². The number of aromatic nitrogens is 9. The van der Waals surface area contributed by atoms with Crippen LogP contribution in [0.2, 0.25) is 0 Å². The second-order valence-corrected chi connectivity index (χ2v) is 29.6. The summed E-state index contributed by atoms with van der Waals surface area (Å²) in [6.45, 7) is 8.61. The normalized spacial score (nSPS) is 15.5. The molecule has 564 valence electrons. The summed E-state index contributed by atoms with van der Waals surface area (Å²) in [6, 6.07) is 44.0. The summed E-state index contributed by atoms with van der Waals surface area (Å²) in [6.07, 6.45) is 25.8. The molecule has 0 bridgehead atoms. The first-order valence-corrected chi connectivity index (χ1v) is 38.9. The van der Waals surface area contributed by atoms with E-state index in [9.17, 15) is 28.8 Å². The number of hydrogen-bond donors (Lipinski definition) is 9. The first kappa shape index (κ1) is 73.0. The van der Waals surface area contributed by atoms with E-state index in [-0.39, 0.29) is 32.9 Å². The van der Waals surface area contributed by atoms with Gasteiger partial charge in [-0.25, -0.2) is 15.0 Å². The number of pyridine rings is 3. The summed E-state index contributed by atoms with van der Waals surface area (Å²) >= 11 is 0. The average molecular weight is 1480 g/mol. The Bertz CT molecular complexity index is 5730. The van der Waals surface area contributed by atoms with Crippen LogP contribution >= 0.6 is 0 Å². The van der Waals surface area contributed by atoms with Gasteiger partial charge in [0.05, 0.1) is 16.2 Å². The molecule has 6 aromatic carbocycles. The van der Waals surface area contributed by atoms with Gasteiger partial charge in [-0.15, -0.1) is 0 Å². The lowest BCUT2D eigenvalue weighted by atomic mass is 9.90. The van der Waals surface area contributed by atoms with Gasteiger partial charge in [0.1, 0.15) is 16.7 Å². The van der Waals surface area contributed by atoms with Gasteiger partial charge in [-0.2, -0.15) is 15.0 Å². The molecule has 111 heavy (non-hydrogen) atoms. The van der Waals surface area contributed by atoms with Gasteiger partial charge < -0.3 is 62.0 Å². The number of fused-ring (bicyclic) bond motifs is 6. The molecule has 0 saturated carbocycles. The highest BCUT2D eigenvalue weighted by Crippen LogP contribution is 2.34. The fraction of sp³-hybridized carbons (Fsp3) is 0.310. The van der Waals surface area contributed by atoms with Crippen LogP contribution in [-0.2, 0) is 38.5 Å². The summed E-state index contributed by atoms with van der Waals surface area (Å²) in [7, 11) is 1.52. The first-order valence-electron chi connectivity index (χ1n) is 38.9. The number of benzene rings is 6. The maximum Gasteiger partial charge on any atom is 0.256 e. The summed E-state index contributed by atoms with van der Waals surface area (Å²) in [4.78, 5) is 104. The molecule has 0 spiro atoms. The summed E-state index contributed by atoms with van der Waals surface area (Å²) in [5.74, 6) is 1.32. The highest BCUT2D eigenvalue weighted by atomic mass is 16.2. The Morgan fingerprint density at radius 2 is 0.721 bits per heavy atom.